The van der Waals surface area contributed by atoms with Crippen molar-refractivity contribution in [2.45, 2.75) is 31.4 Å². The topological polar surface area (TPSA) is 80.1 Å². The molecule has 2 aliphatic heterocycles. The zero-order valence-electron chi connectivity index (χ0n) is 14.5. The van der Waals surface area contributed by atoms with Gasteiger partial charge in [-0.1, -0.05) is 11.2 Å². The first-order valence-corrected chi connectivity index (χ1v) is 9.08. The molecule has 7 nitrogen and oxygen atoms in total. The van der Waals surface area contributed by atoms with Crippen molar-refractivity contribution >= 4 is 0 Å². The largest absolute Gasteiger partial charge is 0.368 e. The quantitative estimate of drug-likeness (QED) is 0.781. The molecule has 0 unspecified atom stereocenters. The number of likely N-dealkylation sites (tertiary alicyclic amines) is 1. The normalized spacial score (nSPS) is 19.5. The third-order valence-corrected chi connectivity index (χ3v) is 5.45. The fourth-order valence-corrected chi connectivity index (χ4v) is 4.03. The average Bonchev–Trinajstić information content (AvgIpc) is 3.35. The second-order valence-corrected chi connectivity index (χ2v) is 7.03. The van der Waals surface area contributed by atoms with E-state index in [2.05, 4.69) is 25.2 Å². The van der Waals surface area contributed by atoms with Crippen molar-refractivity contribution in [3.8, 4) is 11.4 Å². The van der Waals surface area contributed by atoms with Gasteiger partial charge < -0.3 is 9.26 Å². The molecule has 1 saturated heterocycles. The van der Waals surface area contributed by atoms with Crippen molar-refractivity contribution in [1.29, 1.82) is 0 Å². The van der Waals surface area contributed by atoms with Crippen LogP contribution in [0.5, 0.6) is 0 Å². The van der Waals surface area contributed by atoms with E-state index in [0.717, 1.165) is 62.7 Å². The van der Waals surface area contributed by atoms with Crippen molar-refractivity contribution in [3.05, 3.63) is 53.7 Å². The Hall–Kier alpha value is -2.51. The lowest BCUT2D eigenvalue weighted by Gasteiger charge is -2.43. The number of nitrogens with zero attached hydrogens (tertiary/aromatic N) is 4. The maximum Gasteiger partial charge on any atom is 0.151 e. The van der Waals surface area contributed by atoms with Crippen molar-refractivity contribution < 1.29 is 9.26 Å². The third kappa shape index (κ3) is 2.73. The van der Waals surface area contributed by atoms with Gasteiger partial charge in [-0.05, 0) is 37.0 Å². The summed E-state index contributed by atoms with van der Waals surface area (Å²) in [6.45, 7) is 3.45. The minimum absolute atomic E-state index is 0.193. The molecule has 0 radical (unpaired) electrons. The molecular weight excluding hydrogens is 330 g/mol. The van der Waals surface area contributed by atoms with E-state index in [1.807, 2.05) is 30.5 Å². The van der Waals surface area contributed by atoms with E-state index in [-0.39, 0.29) is 5.60 Å². The fraction of sp³-hybridized carbons (Fsp3) is 0.421. The molecular formula is C19H21N5O2. The number of H-pyrrole nitrogens is 1. The number of rotatable bonds is 3. The Bertz CT molecular complexity index is 880. The standard InChI is InChI=1S/C19H21N5O2/c1-2-7-20-16(3-1)17-11-15(26-23-17)13-24-8-5-19(6-9-24)18-14(4-10-25-19)12-21-22-18/h1-3,7,11-12H,4-6,8-10,13H2,(H,21,22). The number of nitrogens with one attached hydrogen (secondary N) is 1. The van der Waals surface area contributed by atoms with Crippen LogP contribution < -0.4 is 0 Å². The van der Waals surface area contributed by atoms with E-state index in [9.17, 15) is 0 Å². The number of piperidine rings is 1. The van der Waals surface area contributed by atoms with Crippen LogP contribution in [0, 0.1) is 0 Å². The van der Waals surface area contributed by atoms with Crippen LogP contribution in [-0.2, 0) is 23.3 Å². The second kappa shape index (κ2) is 6.34. The smallest absolute Gasteiger partial charge is 0.151 e. The first-order valence-electron chi connectivity index (χ1n) is 9.08. The van der Waals surface area contributed by atoms with Crippen molar-refractivity contribution in [1.82, 2.24) is 25.2 Å². The average molecular weight is 351 g/mol. The SMILES string of the molecule is c1ccc(-c2cc(CN3CCC4(CC3)OCCc3cn[nH]c34)on2)nc1. The Kier molecular flexibility index (Phi) is 3.83. The van der Waals surface area contributed by atoms with E-state index in [4.69, 9.17) is 9.26 Å². The third-order valence-electron chi connectivity index (χ3n) is 5.45. The van der Waals surface area contributed by atoms with E-state index < -0.39 is 0 Å². The van der Waals surface area contributed by atoms with Gasteiger partial charge in [0.25, 0.3) is 0 Å². The number of hydrogen-bond donors (Lipinski definition) is 1. The zero-order valence-corrected chi connectivity index (χ0v) is 14.5. The predicted octanol–water partition coefficient (Wildman–Crippen LogP) is 2.52. The van der Waals surface area contributed by atoms with Crippen LogP contribution in [0.3, 0.4) is 0 Å². The van der Waals surface area contributed by atoms with Crippen LogP contribution in [-0.4, -0.2) is 44.9 Å². The highest BCUT2D eigenvalue weighted by Crippen LogP contribution is 2.40. The number of hydrogen-bond acceptors (Lipinski definition) is 6. The molecule has 134 valence electrons. The summed E-state index contributed by atoms with van der Waals surface area (Å²) in [6.07, 6.45) is 6.58. The summed E-state index contributed by atoms with van der Waals surface area (Å²) in [5, 5.41) is 11.6. The van der Waals surface area contributed by atoms with Crippen LogP contribution in [0.4, 0.5) is 0 Å². The molecule has 26 heavy (non-hydrogen) atoms. The lowest BCUT2D eigenvalue weighted by Crippen LogP contribution is -2.46. The van der Waals surface area contributed by atoms with Gasteiger partial charge in [-0.25, -0.2) is 0 Å². The summed E-state index contributed by atoms with van der Waals surface area (Å²) in [5.74, 6) is 0.869. The van der Waals surface area contributed by atoms with Gasteiger partial charge in [0.1, 0.15) is 11.3 Å². The summed E-state index contributed by atoms with van der Waals surface area (Å²) >= 11 is 0. The van der Waals surface area contributed by atoms with E-state index in [1.54, 1.807) is 6.20 Å². The Labute approximate surface area is 151 Å². The molecule has 1 spiro atoms. The van der Waals surface area contributed by atoms with Crippen LogP contribution in [0.1, 0.15) is 29.9 Å². The van der Waals surface area contributed by atoms with Crippen LogP contribution >= 0.6 is 0 Å². The molecule has 0 saturated carbocycles. The van der Waals surface area contributed by atoms with Gasteiger partial charge in [-0.15, -0.1) is 0 Å². The van der Waals surface area contributed by atoms with Gasteiger partial charge >= 0.3 is 0 Å². The van der Waals surface area contributed by atoms with E-state index >= 15 is 0 Å². The van der Waals surface area contributed by atoms with Crippen molar-refractivity contribution in [3.63, 3.8) is 0 Å². The monoisotopic (exact) mass is 351 g/mol. The van der Waals surface area contributed by atoms with Gasteiger partial charge in [-0.3, -0.25) is 15.0 Å². The summed E-state index contributed by atoms with van der Waals surface area (Å²) in [5.41, 5.74) is 3.91. The molecule has 1 N–H and O–H groups in total. The molecule has 1 fully saturated rings. The van der Waals surface area contributed by atoms with Gasteiger partial charge in [0, 0.05) is 25.4 Å². The minimum Gasteiger partial charge on any atom is -0.368 e. The first kappa shape index (κ1) is 15.7. The Morgan fingerprint density at radius 3 is 2.96 bits per heavy atom. The Morgan fingerprint density at radius 1 is 1.19 bits per heavy atom. The van der Waals surface area contributed by atoms with Crippen LogP contribution in [0.2, 0.25) is 0 Å². The summed E-state index contributed by atoms with van der Waals surface area (Å²) < 4.78 is 11.7. The van der Waals surface area contributed by atoms with Gasteiger partial charge in [0.05, 0.1) is 30.7 Å². The Balaban J connectivity index is 1.26. The second-order valence-electron chi connectivity index (χ2n) is 7.03. The number of pyridine rings is 1. The summed E-state index contributed by atoms with van der Waals surface area (Å²) in [4.78, 5) is 6.71. The minimum atomic E-state index is -0.193. The molecule has 0 aliphatic carbocycles. The lowest BCUT2D eigenvalue weighted by molar-refractivity contribution is -0.102. The van der Waals surface area contributed by atoms with Crippen LogP contribution in [0.15, 0.2) is 41.2 Å². The van der Waals surface area contributed by atoms with E-state index in [0.29, 0.717) is 0 Å². The highest BCUT2D eigenvalue weighted by Gasteiger charge is 2.42. The van der Waals surface area contributed by atoms with Crippen molar-refractivity contribution in [2.24, 2.45) is 0 Å². The first-order chi connectivity index (χ1) is 12.8. The molecule has 0 bridgehead atoms. The van der Waals surface area contributed by atoms with Crippen LogP contribution in [0.25, 0.3) is 11.4 Å². The lowest BCUT2D eigenvalue weighted by atomic mass is 9.84. The van der Waals surface area contributed by atoms with E-state index in [1.165, 1.54) is 11.3 Å². The van der Waals surface area contributed by atoms with Crippen molar-refractivity contribution in [2.75, 3.05) is 19.7 Å². The molecule has 3 aromatic heterocycles. The Morgan fingerprint density at radius 2 is 2.12 bits per heavy atom. The predicted molar refractivity (Wildman–Crippen MR) is 94.2 cm³/mol. The maximum absolute atomic E-state index is 6.21. The summed E-state index contributed by atoms with van der Waals surface area (Å²) in [7, 11) is 0. The number of aromatic amines is 1. The molecule has 3 aromatic rings. The number of ether oxygens (including phenoxy) is 1. The highest BCUT2D eigenvalue weighted by molar-refractivity contribution is 5.52. The number of aromatic nitrogens is 4. The van der Waals surface area contributed by atoms with Gasteiger partial charge in [-0.2, -0.15) is 5.10 Å². The number of fused-ring (bicyclic) bond motifs is 2. The van der Waals surface area contributed by atoms with Gasteiger partial charge in [0.2, 0.25) is 0 Å². The molecule has 0 aromatic carbocycles. The molecule has 0 atom stereocenters. The molecule has 5 heterocycles. The molecule has 5 rings (SSSR count). The van der Waals surface area contributed by atoms with Gasteiger partial charge in [0.15, 0.2) is 5.76 Å². The fourth-order valence-electron chi connectivity index (χ4n) is 4.03. The molecule has 7 heteroatoms. The maximum atomic E-state index is 6.21. The summed E-state index contributed by atoms with van der Waals surface area (Å²) in [6, 6.07) is 7.77. The highest BCUT2D eigenvalue weighted by atomic mass is 16.5. The molecule has 0 amide bonds. The zero-order chi connectivity index (χ0) is 17.4. The molecule has 2 aliphatic rings.